The maximum absolute atomic E-state index is 11.1. The van der Waals surface area contributed by atoms with Crippen LogP contribution < -0.4 is 0 Å². The zero-order chi connectivity index (χ0) is 19.4. The van der Waals surface area contributed by atoms with E-state index in [1.54, 1.807) is 12.1 Å². The Morgan fingerprint density at radius 2 is 1.38 bits per heavy atom. The van der Waals surface area contributed by atoms with E-state index in [4.69, 9.17) is 5.11 Å². The van der Waals surface area contributed by atoms with Gasteiger partial charge in [0, 0.05) is 12.5 Å². The van der Waals surface area contributed by atoms with Crippen LogP contribution in [0.5, 0.6) is 11.5 Å². The molecule has 0 fully saturated rings. The number of aliphatic hydroxyl groups is 1. The smallest absolute Gasteiger partial charge is 0.303 e. The predicted octanol–water partition coefficient (Wildman–Crippen LogP) is 4.62. The summed E-state index contributed by atoms with van der Waals surface area (Å²) in [5, 5.41) is 37.4. The maximum atomic E-state index is 11.1. The summed E-state index contributed by atoms with van der Waals surface area (Å²) in [6.07, 6.45) is 10.0. The maximum Gasteiger partial charge on any atom is 0.303 e. The lowest BCUT2D eigenvalue weighted by molar-refractivity contribution is -0.138. The van der Waals surface area contributed by atoms with Gasteiger partial charge in [-0.3, -0.25) is 4.79 Å². The van der Waals surface area contributed by atoms with Gasteiger partial charge in [-0.2, -0.15) is 0 Å². The van der Waals surface area contributed by atoms with E-state index in [1.807, 2.05) is 6.92 Å². The minimum atomic E-state index is -0.808. The molecule has 1 aromatic carbocycles. The second-order valence-corrected chi connectivity index (χ2v) is 7.43. The Bertz CT molecular complexity index is 507. The standard InChI is InChI=1S/C21H34O5/c1-16(22)9-7-5-3-2-4-6-8-10-17(14-21(25)26)11-18-12-19(23)15-20(24)13-18/h12-13,15-17,22-24H,2-11,14H2,1H3,(H,25,26). The number of aliphatic carboxylic acids is 1. The summed E-state index contributed by atoms with van der Waals surface area (Å²) in [5.41, 5.74) is 0.770. The van der Waals surface area contributed by atoms with Gasteiger partial charge in [0.25, 0.3) is 0 Å². The number of carboxylic acids is 1. The molecule has 0 radical (unpaired) electrons. The molecule has 0 saturated carbocycles. The highest BCUT2D eigenvalue weighted by Crippen LogP contribution is 2.26. The Labute approximate surface area is 156 Å². The quantitative estimate of drug-likeness (QED) is 0.360. The fourth-order valence-electron chi connectivity index (χ4n) is 3.39. The van der Waals surface area contributed by atoms with Crippen molar-refractivity contribution in [3.8, 4) is 11.5 Å². The first kappa shape index (κ1) is 22.3. The normalized spacial score (nSPS) is 13.5. The van der Waals surface area contributed by atoms with Crippen molar-refractivity contribution in [1.82, 2.24) is 0 Å². The zero-order valence-corrected chi connectivity index (χ0v) is 15.9. The van der Waals surface area contributed by atoms with Gasteiger partial charge in [-0.1, -0.05) is 44.9 Å². The minimum absolute atomic E-state index is 0.00432. The van der Waals surface area contributed by atoms with E-state index in [2.05, 4.69) is 0 Å². The van der Waals surface area contributed by atoms with E-state index in [-0.39, 0.29) is 29.9 Å². The van der Waals surface area contributed by atoms with Crippen molar-refractivity contribution >= 4 is 5.97 Å². The summed E-state index contributed by atoms with van der Waals surface area (Å²) in [6.45, 7) is 1.83. The van der Waals surface area contributed by atoms with Crippen LogP contribution in [0, 0.1) is 5.92 Å². The topological polar surface area (TPSA) is 98.0 Å². The highest BCUT2D eigenvalue weighted by Gasteiger charge is 2.15. The molecule has 26 heavy (non-hydrogen) atoms. The lowest BCUT2D eigenvalue weighted by Crippen LogP contribution is -2.11. The van der Waals surface area contributed by atoms with E-state index in [9.17, 15) is 20.1 Å². The molecule has 5 heteroatoms. The molecule has 0 aliphatic heterocycles. The molecule has 0 amide bonds. The fraction of sp³-hybridized carbons (Fsp3) is 0.667. The monoisotopic (exact) mass is 366 g/mol. The van der Waals surface area contributed by atoms with Gasteiger partial charge >= 0.3 is 5.97 Å². The number of carbonyl (C=O) groups is 1. The van der Waals surface area contributed by atoms with Crippen LogP contribution in [0.2, 0.25) is 0 Å². The molecule has 148 valence electrons. The first-order valence-corrected chi connectivity index (χ1v) is 9.78. The van der Waals surface area contributed by atoms with Crippen LogP contribution >= 0.6 is 0 Å². The number of carboxylic acid groups (broad SMARTS) is 1. The second-order valence-electron chi connectivity index (χ2n) is 7.43. The summed E-state index contributed by atoms with van der Waals surface area (Å²) in [7, 11) is 0. The highest BCUT2D eigenvalue weighted by molar-refractivity contribution is 5.67. The Hall–Kier alpha value is -1.75. The van der Waals surface area contributed by atoms with Crippen LogP contribution in [-0.4, -0.2) is 32.5 Å². The molecule has 2 atom stereocenters. The average Bonchev–Trinajstić information content (AvgIpc) is 2.51. The second kappa shape index (κ2) is 12.6. The molecule has 0 bridgehead atoms. The van der Waals surface area contributed by atoms with Crippen molar-refractivity contribution < 1.29 is 25.2 Å². The molecule has 4 N–H and O–H groups in total. The van der Waals surface area contributed by atoms with Crippen molar-refractivity contribution in [2.24, 2.45) is 5.92 Å². The zero-order valence-electron chi connectivity index (χ0n) is 15.9. The van der Waals surface area contributed by atoms with Crippen LogP contribution in [-0.2, 0) is 11.2 Å². The first-order chi connectivity index (χ1) is 12.4. The molecule has 1 rings (SSSR count). The third-order valence-electron chi connectivity index (χ3n) is 4.68. The number of benzene rings is 1. The van der Waals surface area contributed by atoms with E-state index in [1.165, 1.54) is 18.9 Å². The van der Waals surface area contributed by atoms with Crippen LogP contribution in [0.25, 0.3) is 0 Å². The van der Waals surface area contributed by atoms with Gasteiger partial charge in [0.2, 0.25) is 0 Å². The molecule has 0 heterocycles. The molecule has 5 nitrogen and oxygen atoms in total. The van der Waals surface area contributed by atoms with E-state index >= 15 is 0 Å². The SMILES string of the molecule is CC(O)CCCCCCCCCC(CC(=O)O)Cc1cc(O)cc(O)c1. The molecule has 2 unspecified atom stereocenters. The van der Waals surface area contributed by atoms with Crippen molar-refractivity contribution in [3.05, 3.63) is 23.8 Å². The molecule has 0 saturated heterocycles. The molecule has 0 aliphatic rings. The Morgan fingerprint density at radius 3 is 1.88 bits per heavy atom. The third kappa shape index (κ3) is 11.0. The van der Waals surface area contributed by atoms with Crippen LogP contribution in [0.1, 0.15) is 76.7 Å². The van der Waals surface area contributed by atoms with Gasteiger partial charge in [-0.05, 0) is 49.8 Å². The number of aliphatic hydroxyl groups excluding tert-OH is 1. The molecule has 1 aromatic rings. The average molecular weight is 366 g/mol. The molecular weight excluding hydrogens is 332 g/mol. The largest absolute Gasteiger partial charge is 0.508 e. The summed E-state index contributed by atoms with van der Waals surface area (Å²) in [6, 6.07) is 4.44. The molecule has 0 spiro atoms. The predicted molar refractivity (Wildman–Crippen MR) is 102 cm³/mol. The van der Waals surface area contributed by atoms with E-state index in [0.29, 0.717) is 6.42 Å². The Balaban J connectivity index is 2.27. The number of hydrogen-bond donors (Lipinski definition) is 4. The summed E-state index contributed by atoms with van der Waals surface area (Å²) >= 11 is 0. The fourth-order valence-corrected chi connectivity index (χ4v) is 3.39. The van der Waals surface area contributed by atoms with E-state index < -0.39 is 5.97 Å². The van der Waals surface area contributed by atoms with Crippen molar-refractivity contribution in [2.45, 2.75) is 83.7 Å². The highest BCUT2D eigenvalue weighted by atomic mass is 16.4. The van der Waals surface area contributed by atoms with Crippen molar-refractivity contribution in [2.75, 3.05) is 0 Å². The number of rotatable bonds is 14. The van der Waals surface area contributed by atoms with Crippen LogP contribution in [0.4, 0.5) is 0 Å². The number of phenols is 2. The van der Waals surface area contributed by atoms with Crippen LogP contribution in [0.3, 0.4) is 0 Å². The first-order valence-electron chi connectivity index (χ1n) is 9.78. The lowest BCUT2D eigenvalue weighted by Gasteiger charge is -2.15. The number of aromatic hydroxyl groups is 2. The molecular formula is C21H34O5. The third-order valence-corrected chi connectivity index (χ3v) is 4.68. The van der Waals surface area contributed by atoms with Gasteiger partial charge in [-0.15, -0.1) is 0 Å². The van der Waals surface area contributed by atoms with Crippen LogP contribution in [0.15, 0.2) is 18.2 Å². The van der Waals surface area contributed by atoms with E-state index in [0.717, 1.165) is 50.5 Å². The number of hydrogen-bond acceptors (Lipinski definition) is 4. The molecule has 0 aliphatic carbocycles. The summed E-state index contributed by atoms with van der Waals surface area (Å²) in [5.74, 6) is -0.786. The summed E-state index contributed by atoms with van der Waals surface area (Å²) in [4.78, 5) is 11.1. The van der Waals surface area contributed by atoms with Crippen molar-refractivity contribution in [3.63, 3.8) is 0 Å². The van der Waals surface area contributed by atoms with Gasteiger partial charge in [0.1, 0.15) is 11.5 Å². The Kier molecular flexibility index (Phi) is 10.8. The number of unbranched alkanes of at least 4 members (excludes halogenated alkanes) is 6. The van der Waals surface area contributed by atoms with Crippen molar-refractivity contribution in [1.29, 1.82) is 0 Å². The van der Waals surface area contributed by atoms with Gasteiger partial charge in [0.15, 0.2) is 0 Å². The molecule has 0 aromatic heterocycles. The lowest BCUT2D eigenvalue weighted by atomic mass is 9.90. The van der Waals surface area contributed by atoms with Gasteiger partial charge in [0.05, 0.1) is 6.10 Å². The minimum Gasteiger partial charge on any atom is -0.508 e. The van der Waals surface area contributed by atoms with Gasteiger partial charge < -0.3 is 20.4 Å². The Morgan fingerprint density at radius 1 is 0.885 bits per heavy atom. The van der Waals surface area contributed by atoms with Gasteiger partial charge in [-0.25, -0.2) is 0 Å². The number of phenolic OH excluding ortho intramolecular Hbond substituents is 2. The summed E-state index contributed by atoms with van der Waals surface area (Å²) < 4.78 is 0.